The maximum atomic E-state index is 13.9. The number of urea groups is 1. The van der Waals surface area contributed by atoms with E-state index in [1.165, 1.54) is 0 Å². The fourth-order valence-corrected chi connectivity index (χ4v) is 7.44. The van der Waals surface area contributed by atoms with Gasteiger partial charge in [-0.05, 0) is 121 Å². The van der Waals surface area contributed by atoms with Crippen molar-refractivity contribution in [3.63, 3.8) is 0 Å². The quantitative estimate of drug-likeness (QED) is 0.0485. The zero-order valence-electron chi connectivity index (χ0n) is 35.8. The molecule has 0 fully saturated rings. The van der Waals surface area contributed by atoms with Crippen molar-refractivity contribution >= 4 is 98.2 Å². The number of nitrogens with one attached hydrogen (secondary N) is 9. The van der Waals surface area contributed by atoms with E-state index in [1.54, 1.807) is 67.0 Å². The summed E-state index contributed by atoms with van der Waals surface area (Å²) in [4.78, 5) is 55.6. The molecule has 6 aromatic carbocycles. The predicted octanol–water partition coefficient (Wildman–Crippen LogP) is 12.0. The number of aromatic nitrogens is 2. The van der Waals surface area contributed by atoms with E-state index in [0.717, 1.165) is 58.2 Å². The number of carbonyl (C=O) groups excluding carboxylic acids is 4. The van der Waals surface area contributed by atoms with Crippen molar-refractivity contribution in [2.75, 3.05) is 37.2 Å². The monoisotopic (exact) mass is 927 g/mol. The Morgan fingerprint density at radius 2 is 0.957 bits per heavy atom. The van der Waals surface area contributed by atoms with E-state index in [9.17, 15) is 36.7 Å². The van der Waals surface area contributed by atoms with Gasteiger partial charge in [0, 0.05) is 81.2 Å². The summed E-state index contributed by atoms with van der Waals surface area (Å²) in [5, 5.41) is 19.8. The van der Waals surface area contributed by atoms with Gasteiger partial charge in [-0.2, -0.15) is 0 Å². The minimum Gasteiger partial charge on any atom is -0.362 e. The largest absolute Gasteiger partial charge is 0.362 e. The maximum absolute atomic E-state index is 13.9. The number of amides is 5. The molecule has 5 amide bonds. The van der Waals surface area contributed by atoms with Crippen LogP contribution in [0.1, 0.15) is 32.9 Å². The molecule has 0 unspecified atom stereocenters. The molecule has 17 heteroatoms. The third-order valence-electron chi connectivity index (χ3n) is 10.6. The highest BCUT2D eigenvalue weighted by molar-refractivity contribution is 6.35. The molecule has 2 aromatic heterocycles. The number of hydrogen-bond donors (Lipinski definition) is 9. The van der Waals surface area contributed by atoms with Gasteiger partial charge in [0.1, 0.15) is 23.3 Å². The standard InChI is InChI=1S/C26H19F2N5O2.C26H18F2N4O2/c27-15-6-9-23(22(28)11-15)33-26(35)31-18-4-1-3-17(12-18)30-19-7-8-20-21(13-16-5-2-10-29-16)25(34)32-24(20)14-19;27-15-6-8-21(23(28)11-15)25(33)31-18-4-1-3-17(12-18)30-19-7-9-20-22(13-16-5-2-10-29-16)26(34)32-24(20)14-19/h1-14,29-30H,(H,32,34)(H2,31,33,35);1-14,29-30H,(H,31,33)(H,32,34)/b21-13-;22-13-. The molecule has 0 aliphatic carbocycles. The van der Waals surface area contributed by atoms with E-state index in [2.05, 4.69) is 47.2 Å². The van der Waals surface area contributed by atoms with Crippen LogP contribution in [0.4, 0.5) is 73.5 Å². The second-order valence-corrected chi connectivity index (χ2v) is 15.5. The Labute approximate surface area is 390 Å². The van der Waals surface area contributed by atoms with Gasteiger partial charge in [0.05, 0.1) is 33.8 Å². The lowest BCUT2D eigenvalue weighted by Gasteiger charge is -2.12. The molecule has 10 rings (SSSR count). The first-order chi connectivity index (χ1) is 33.4. The molecule has 0 saturated heterocycles. The molecule has 8 aromatic rings. The summed E-state index contributed by atoms with van der Waals surface area (Å²) < 4.78 is 53.8. The fraction of sp³-hybridized carbons (Fsp3) is 0. The van der Waals surface area contributed by atoms with Crippen molar-refractivity contribution in [3.8, 4) is 0 Å². The van der Waals surface area contributed by atoms with E-state index in [4.69, 9.17) is 0 Å². The Balaban J connectivity index is 0.000000172. The van der Waals surface area contributed by atoms with Crippen molar-refractivity contribution < 1.29 is 36.7 Å². The summed E-state index contributed by atoms with van der Waals surface area (Å²) in [6.45, 7) is 0. The third kappa shape index (κ3) is 10.6. The Morgan fingerprint density at radius 1 is 0.464 bits per heavy atom. The van der Waals surface area contributed by atoms with Gasteiger partial charge >= 0.3 is 6.03 Å². The molecular formula is C52H37F4N9O4. The van der Waals surface area contributed by atoms with Crippen LogP contribution in [0.25, 0.3) is 23.3 Å². The molecule has 0 atom stereocenters. The number of aromatic amines is 2. The van der Waals surface area contributed by atoms with E-state index in [1.807, 2.05) is 66.7 Å². The van der Waals surface area contributed by atoms with Crippen molar-refractivity contribution in [2.45, 2.75) is 0 Å². The van der Waals surface area contributed by atoms with Crippen LogP contribution in [0.3, 0.4) is 0 Å². The van der Waals surface area contributed by atoms with Crippen molar-refractivity contribution in [3.05, 3.63) is 209 Å². The number of halogens is 4. The average molecular weight is 928 g/mol. The van der Waals surface area contributed by atoms with Gasteiger partial charge in [-0.25, -0.2) is 22.4 Å². The summed E-state index contributed by atoms with van der Waals surface area (Å²) in [6, 6.07) is 37.3. The molecule has 0 radical (unpaired) electrons. The second-order valence-electron chi connectivity index (χ2n) is 15.5. The van der Waals surface area contributed by atoms with Crippen molar-refractivity contribution in [1.82, 2.24) is 9.97 Å². The molecule has 0 saturated carbocycles. The molecule has 2 aliphatic heterocycles. The molecule has 4 heterocycles. The maximum Gasteiger partial charge on any atom is 0.323 e. The van der Waals surface area contributed by atoms with Crippen LogP contribution in [0.2, 0.25) is 0 Å². The fourth-order valence-electron chi connectivity index (χ4n) is 7.44. The zero-order valence-corrected chi connectivity index (χ0v) is 35.8. The first kappa shape index (κ1) is 44.6. The van der Waals surface area contributed by atoms with Gasteiger partial charge in [0.15, 0.2) is 0 Å². The van der Waals surface area contributed by atoms with Crippen LogP contribution in [-0.2, 0) is 9.59 Å². The molecule has 9 N–H and O–H groups in total. The summed E-state index contributed by atoms with van der Waals surface area (Å²) in [5.74, 6) is -4.33. The number of carbonyl (C=O) groups is 4. The summed E-state index contributed by atoms with van der Waals surface area (Å²) in [6.07, 6.45) is 7.18. The highest BCUT2D eigenvalue weighted by Gasteiger charge is 2.26. The van der Waals surface area contributed by atoms with Gasteiger partial charge in [-0.1, -0.05) is 24.3 Å². The third-order valence-corrected chi connectivity index (χ3v) is 10.6. The van der Waals surface area contributed by atoms with Crippen molar-refractivity contribution in [1.29, 1.82) is 0 Å². The summed E-state index contributed by atoms with van der Waals surface area (Å²) in [5.41, 5.74) is 9.11. The van der Waals surface area contributed by atoms with Crippen LogP contribution in [0.15, 0.2) is 158 Å². The first-order valence-electron chi connectivity index (χ1n) is 21.1. The number of rotatable bonds is 10. The number of hydrogen-bond acceptors (Lipinski definition) is 6. The number of fused-ring (bicyclic) bond motifs is 2. The van der Waals surface area contributed by atoms with E-state index in [0.29, 0.717) is 57.4 Å². The second kappa shape index (κ2) is 19.4. The van der Waals surface area contributed by atoms with Gasteiger partial charge in [0.25, 0.3) is 17.7 Å². The minimum absolute atomic E-state index is 0.136. The van der Waals surface area contributed by atoms with Crippen molar-refractivity contribution in [2.24, 2.45) is 0 Å². The van der Waals surface area contributed by atoms with Gasteiger partial charge < -0.3 is 47.2 Å². The minimum atomic E-state index is -0.934. The summed E-state index contributed by atoms with van der Waals surface area (Å²) >= 11 is 0. The smallest absolute Gasteiger partial charge is 0.323 e. The zero-order chi connectivity index (χ0) is 48.0. The Hall–Kier alpha value is -9.64. The van der Waals surface area contributed by atoms with Crippen LogP contribution in [-0.4, -0.2) is 33.7 Å². The van der Waals surface area contributed by atoms with Crippen LogP contribution >= 0.6 is 0 Å². The first-order valence-corrected chi connectivity index (χ1v) is 21.1. The van der Waals surface area contributed by atoms with E-state index >= 15 is 0 Å². The Kier molecular flexibility index (Phi) is 12.6. The molecule has 0 bridgehead atoms. The Morgan fingerprint density at radius 3 is 1.46 bits per heavy atom. The number of anilines is 9. The lowest BCUT2D eigenvalue weighted by molar-refractivity contribution is -0.111. The van der Waals surface area contributed by atoms with E-state index < -0.39 is 35.2 Å². The van der Waals surface area contributed by atoms with E-state index in [-0.39, 0.29) is 23.1 Å². The molecular weight excluding hydrogens is 891 g/mol. The highest BCUT2D eigenvalue weighted by Crippen LogP contribution is 2.37. The predicted molar refractivity (Wildman–Crippen MR) is 260 cm³/mol. The molecule has 69 heavy (non-hydrogen) atoms. The lowest BCUT2D eigenvalue weighted by Crippen LogP contribution is -2.20. The van der Waals surface area contributed by atoms with Crippen LogP contribution in [0, 0.1) is 23.3 Å². The molecule has 13 nitrogen and oxygen atoms in total. The van der Waals surface area contributed by atoms with Gasteiger partial charge in [-0.3, -0.25) is 14.4 Å². The van der Waals surface area contributed by atoms with Gasteiger partial charge in [0.2, 0.25) is 0 Å². The average Bonchev–Trinajstić information content (AvgIpc) is 4.14. The normalized spacial score (nSPS) is 13.4. The molecule has 2 aliphatic rings. The van der Waals surface area contributed by atoms with Gasteiger partial charge in [-0.15, -0.1) is 0 Å². The molecule has 0 spiro atoms. The summed E-state index contributed by atoms with van der Waals surface area (Å²) in [7, 11) is 0. The Bertz CT molecular complexity index is 3350. The van der Waals surface area contributed by atoms with Crippen LogP contribution in [0.5, 0.6) is 0 Å². The lowest BCUT2D eigenvalue weighted by atomic mass is 10.1. The SMILES string of the molecule is O=C(Nc1cccc(Nc2ccc3c(c2)NC(=O)/C3=C\c2ccc[nH]2)c1)Nc1ccc(F)cc1F.O=C1Nc2cc(Nc3cccc(NC(=O)c4ccc(F)cc4F)c3)ccc2/C1=C/c1ccc[nH]1. The van der Waals surface area contributed by atoms with Crippen LogP contribution < -0.4 is 37.2 Å². The number of H-pyrrole nitrogens is 2. The highest BCUT2D eigenvalue weighted by atomic mass is 19.1. The topological polar surface area (TPSA) is 184 Å². The number of benzene rings is 6. The molecule has 342 valence electrons.